The molecule has 0 saturated heterocycles. The number of aromatic nitrogens is 2. The standard InChI is InChI=1S/C21H19ClN4O3S/c1-12-7-13(2)20(14(3)8-12)29-21-18(26-30(4,27)28)6-5-17(25-21)15-9-16(22)19(10-23)24-11-15/h5-9,11,26H,1-4H3. The highest BCUT2D eigenvalue weighted by molar-refractivity contribution is 7.92. The monoisotopic (exact) mass is 442 g/mol. The fraction of sp³-hybridized carbons (Fsp3) is 0.190. The smallest absolute Gasteiger partial charge is 0.244 e. The van der Waals surface area contributed by atoms with Crippen molar-refractivity contribution in [1.29, 1.82) is 5.26 Å². The first-order valence-corrected chi connectivity index (χ1v) is 11.1. The van der Waals surface area contributed by atoms with Crippen LogP contribution in [0.4, 0.5) is 5.69 Å². The molecule has 0 fully saturated rings. The lowest BCUT2D eigenvalue weighted by molar-refractivity contribution is 0.459. The average Bonchev–Trinajstić information content (AvgIpc) is 2.64. The summed E-state index contributed by atoms with van der Waals surface area (Å²) < 4.78 is 32.1. The van der Waals surface area contributed by atoms with Crippen LogP contribution < -0.4 is 9.46 Å². The summed E-state index contributed by atoms with van der Waals surface area (Å²) in [5.41, 5.74) is 4.22. The van der Waals surface area contributed by atoms with Gasteiger partial charge in [0.15, 0.2) is 5.69 Å². The molecule has 0 radical (unpaired) electrons. The van der Waals surface area contributed by atoms with Crippen molar-refractivity contribution >= 4 is 27.3 Å². The van der Waals surface area contributed by atoms with Gasteiger partial charge in [-0.1, -0.05) is 29.3 Å². The molecule has 0 amide bonds. The molecule has 0 aliphatic heterocycles. The van der Waals surface area contributed by atoms with E-state index in [-0.39, 0.29) is 22.3 Å². The van der Waals surface area contributed by atoms with Crippen LogP contribution in [0.2, 0.25) is 5.02 Å². The number of benzene rings is 1. The van der Waals surface area contributed by atoms with Gasteiger partial charge in [-0.05, 0) is 50.1 Å². The van der Waals surface area contributed by atoms with E-state index >= 15 is 0 Å². The van der Waals surface area contributed by atoms with Crippen molar-refractivity contribution in [1.82, 2.24) is 9.97 Å². The van der Waals surface area contributed by atoms with Crippen molar-refractivity contribution in [3.8, 4) is 29.0 Å². The minimum Gasteiger partial charge on any atom is -0.436 e. The Balaban J connectivity index is 2.12. The van der Waals surface area contributed by atoms with E-state index in [2.05, 4.69) is 14.7 Å². The van der Waals surface area contributed by atoms with Crippen LogP contribution in [0, 0.1) is 32.1 Å². The van der Waals surface area contributed by atoms with Crippen LogP contribution in [-0.4, -0.2) is 24.6 Å². The van der Waals surface area contributed by atoms with Crippen LogP contribution >= 0.6 is 11.6 Å². The summed E-state index contributed by atoms with van der Waals surface area (Å²) in [6.45, 7) is 5.81. The van der Waals surface area contributed by atoms with Crippen LogP contribution in [0.15, 0.2) is 36.5 Å². The molecule has 1 aromatic carbocycles. The first-order valence-electron chi connectivity index (χ1n) is 8.88. The summed E-state index contributed by atoms with van der Waals surface area (Å²) in [6.07, 6.45) is 2.53. The van der Waals surface area contributed by atoms with Crippen molar-refractivity contribution in [3.63, 3.8) is 0 Å². The number of hydrogen-bond acceptors (Lipinski definition) is 6. The van der Waals surface area contributed by atoms with Crippen LogP contribution in [-0.2, 0) is 10.0 Å². The molecule has 1 N–H and O–H groups in total. The summed E-state index contributed by atoms with van der Waals surface area (Å²) in [5, 5.41) is 9.20. The number of sulfonamides is 1. The molecular formula is C21H19ClN4O3S. The molecule has 7 nitrogen and oxygen atoms in total. The molecule has 0 unspecified atom stereocenters. The molecule has 0 aliphatic carbocycles. The Labute approximate surface area is 180 Å². The SMILES string of the molecule is Cc1cc(C)c(Oc2nc(-c3cnc(C#N)c(Cl)c3)ccc2NS(C)(=O)=O)c(C)c1. The number of ether oxygens (including phenoxy) is 1. The van der Waals surface area contributed by atoms with Gasteiger partial charge in [-0.2, -0.15) is 5.26 Å². The molecule has 0 bridgehead atoms. The molecular weight excluding hydrogens is 424 g/mol. The molecule has 0 saturated carbocycles. The van der Waals surface area contributed by atoms with Gasteiger partial charge in [-0.15, -0.1) is 0 Å². The van der Waals surface area contributed by atoms with Crippen molar-refractivity contribution in [2.75, 3.05) is 11.0 Å². The first-order chi connectivity index (χ1) is 14.1. The normalized spacial score (nSPS) is 11.1. The van der Waals surface area contributed by atoms with E-state index in [1.807, 2.05) is 39.0 Å². The van der Waals surface area contributed by atoms with Gasteiger partial charge in [0.1, 0.15) is 17.5 Å². The average molecular weight is 443 g/mol. The van der Waals surface area contributed by atoms with E-state index in [0.717, 1.165) is 22.9 Å². The maximum Gasteiger partial charge on any atom is 0.244 e. The van der Waals surface area contributed by atoms with Gasteiger partial charge >= 0.3 is 0 Å². The minimum atomic E-state index is -3.55. The van der Waals surface area contributed by atoms with E-state index in [1.165, 1.54) is 6.20 Å². The number of anilines is 1. The zero-order valence-corrected chi connectivity index (χ0v) is 18.4. The maximum absolute atomic E-state index is 11.8. The highest BCUT2D eigenvalue weighted by Gasteiger charge is 2.16. The Kier molecular flexibility index (Phi) is 5.97. The number of halogens is 1. The van der Waals surface area contributed by atoms with E-state index in [0.29, 0.717) is 17.0 Å². The molecule has 0 spiro atoms. The first kappa shape index (κ1) is 21.6. The fourth-order valence-electron chi connectivity index (χ4n) is 3.04. The minimum absolute atomic E-state index is 0.0912. The van der Waals surface area contributed by atoms with Crippen molar-refractivity contribution in [2.45, 2.75) is 20.8 Å². The van der Waals surface area contributed by atoms with Crippen molar-refractivity contribution in [3.05, 3.63) is 63.9 Å². The Bertz CT molecular complexity index is 1260. The lowest BCUT2D eigenvalue weighted by Gasteiger charge is -2.16. The van der Waals surface area contributed by atoms with Crippen molar-refractivity contribution < 1.29 is 13.2 Å². The van der Waals surface area contributed by atoms with Gasteiger partial charge < -0.3 is 4.74 Å². The summed E-state index contributed by atoms with van der Waals surface area (Å²) in [5.74, 6) is 0.686. The molecule has 0 aliphatic rings. The van der Waals surface area contributed by atoms with Gasteiger partial charge in [0.05, 0.1) is 17.0 Å². The van der Waals surface area contributed by atoms with Gasteiger partial charge in [0.25, 0.3) is 0 Å². The molecule has 3 aromatic rings. The molecule has 30 heavy (non-hydrogen) atoms. The van der Waals surface area contributed by atoms with E-state index in [4.69, 9.17) is 21.6 Å². The third-order valence-corrected chi connectivity index (χ3v) is 5.08. The molecule has 3 rings (SSSR count). The number of rotatable bonds is 5. The number of nitriles is 1. The van der Waals surface area contributed by atoms with E-state index in [9.17, 15) is 8.42 Å². The third kappa shape index (κ3) is 4.87. The van der Waals surface area contributed by atoms with Gasteiger partial charge in [-0.3, -0.25) is 4.72 Å². The number of pyridine rings is 2. The molecule has 9 heteroatoms. The van der Waals surface area contributed by atoms with Crippen LogP contribution in [0.5, 0.6) is 11.6 Å². The highest BCUT2D eigenvalue weighted by atomic mass is 35.5. The summed E-state index contributed by atoms with van der Waals surface area (Å²) >= 11 is 6.09. The number of nitrogens with one attached hydrogen (secondary N) is 1. The van der Waals surface area contributed by atoms with E-state index < -0.39 is 10.0 Å². The second-order valence-corrected chi connectivity index (χ2v) is 9.08. The second-order valence-electron chi connectivity index (χ2n) is 6.92. The number of hydrogen-bond donors (Lipinski definition) is 1. The quantitative estimate of drug-likeness (QED) is 0.610. The van der Waals surface area contributed by atoms with Gasteiger partial charge in [-0.25, -0.2) is 18.4 Å². The van der Waals surface area contributed by atoms with Crippen LogP contribution in [0.3, 0.4) is 0 Å². The zero-order valence-electron chi connectivity index (χ0n) is 16.8. The van der Waals surface area contributed by atoms with E-state index in [1.54, 1.807) is 18.2 Å². The summed E-state index contributed by atoms with van der Waals surface area (Å²) in [7, 11) is -3.55. The Morgan fingerprint density at radius 1 is 1.13 bits per heavy atom. The molecule has 0 atom stereocenters. The lowest BCUT2D eigenvalue weighted by atomic mass is 10.1. The Morgan fingerprint density at radius 3 is 2.37 bits per heavy atom. The lowest BCUT2D eigenvalue weighted by Crippen LogP contribution is -2.11. The van der Waals surface area contributed by atoms with Gasteiger partial charge in [0.2, 0.25) is 15.9 Å². The highest BCUT2D eigenvalue weighted by Crippen LogP contribution is 2.35. The van der Waals surface area contributed by atoms with Gasteiger partial charge in [0, 0.05) is 11.8 Å². The third-order valence-electron chi connectivity index (χ3n) is 4.20. The largest absolute Gasteiger partial charge is 0.436 e. The molecule has 2 aromatic heterocycles. The number of aryl methyl sites for hydroxylation is 3. The second kappa shape index (κ2) is 8.30. The fourth-order valence-corrected chi connectivity index (χ4v) is 3.80. The topological polar surface area (TPSA) is 105 Å². The summed E-state index contributed by atoms with van der Waals surface area (Å²) in [4.78, 5) is 8.51. The maximum atomic E-state index is 11.8. The predicted octanol–water partition coefficient (Wildman–Crippen LogP) is 4.76. The van der Waals surface area contributed by atoms with Crippen molar-refractivity contribution in [2.24, 2.45) is 0 Å². The number of nitrogens with zero attached hydrogens (tertiary/aromatic N) is 3. The zero-order chi connectivity index (χ0) is 22.1. The predicted molar refractivity (Wildman–Crippen MR) is 116 cm³/mol. The van der Waals surface area contributed by atoms with Crippen LogP contribution in [0.25, 0.3) is 11.3 Å². The molecule has 154 valence electrons. The Hall–Kier alpha value is -3.15. The molecule has 2 heterocycles. The summed E-state index contributed by atoms with van der Waals surface area (Å²) in [6, 6.07) is 10.6. The Morgan fingerprint density at radius 2 is 1.80 bits per heavy atom. The van der Waals surface area contributed by atoms with Crippen LogP contribution in [0.1, 0.15) is 22.4 Å².